The Kier molecular flexibility index (Phi) is 7.04. The van der Waals surface area contributed by atoms with Crippen LogP contribution < -0.4 is 27.6 Å². The molecule has 0 aliphatic rings. The van der Waals surface area contributed by atoms with Crippen LogP contribution in [-0.2, 0) is 0 Å². The third-order valence-electron chi connectivity index (χ3n) is 4.53. The number of nitrogens with two attached hydrogens (primary N) is 3. The molecule has 0 aliphatic heterocycles. The summed E-state index contributed by atoms with van der Waals surface area (Å²) in [6, 6.07) is 14.7. The first-order valence-corrected chi connectivity index (χ1v) is 10.1. The van der Waals surface area contributed by atoms with Crippen molar-refractivity contribution in [2.45, 2.75) is 13.8 Å². The van der Waals surface area contributed by atoms with Crippen LogP contribution in [0.1, 0.15) is 19.4 Å². The van der Waals surface area contributed by atoms with Gasteiger partial charge in [0.1, 0.15) is 11.6 Å². The lowest BCUT2D eigenvalue weighted by Gasteiger charge is -2.14. The van der Waals surface area contributed by atoms with E-state index in [-0.39, 0.29) is 0 Å². The van der Waals surface area contributed by atoms with Crippen LogP contribution in [0.2, 0.25) is 0 Å². The molecule has 3 rings (SSSR count). The molecule has 0 aliphatic carbocycles. The van der Waals surface area contributed by atoms with Gasteiger partial charge >= 0.3 is 5.69 Å². The van der Waals surface area contributed by atoms with Crippen molar-refractivity contribution in [2.24, 2.45) is 22.4 Å². The summed E-state index contributed by atoms with van der Waals surface area (Å²) < 4.78 is 5.94. The van der Waals surface area contributed by atoms with E-state index in [1.165, 1.54) is 0 Å². The predicted octanol–water partition coefficient (Wildman–Crippen LogP) is 2.38. The van der Waals surface area contributed by atoms with Crippen LogP contribution in [0.4, 0.5) is 5.69 Å². The Bertz CT molecular complexity index is 1140. The van der Waals surface area contributed by atoms with Gasteiger partial charge < -0.3 is 26.9 Å². The highest BCUT2D eigenvalue weighted by molar-refractivity contribution is 6.03. The number of para-hydroxylation sites is 1. The molecule has 2 aromatic carbocycles. The van der Waals surface area contributed by atoms with Crippen molar-refractivity contribution in [3.63, 3.8) is 0 Å². The Labute approximate surface area is 181 Å². The number of ether oxygens (including phenoxy) is 1. The third-order valence-corrected chi connectivity index (χ3v) is 4.53. The molecule has 1 aromatic heterocycles. The number of aliphatic imine (C=N–C) groups is 1. The van der Waals surface area contributed by atoms with Gasteiger partial charge in [0.2, 0.25) is 0 Å². The van der Waals surface area contributed by atoms with Crippen molar-refractivity contribution in [1.82, 2.24) is 9.97 Å². The van der Waals surface area contributed by atoms with E-state index in [1.54, 1.807) is 18.2 Å². The fraction of sp³-hybridized carbons (Fsp3) is 0.261. The van der Waals surface area contributed by atoms with Gasteiger partial charge in [-0.25, -0.2) is 4.79 Å². The second-order valence-corrected chi connectivity index (χ2v) is 7.54. The average molecular weight is 421 g/mol. The van der Waals surface area contributed by atoms with Crippen LogP contribution in [0.3, 0.4) is 0 Å². The number of hydrogen-bond donors (Lipinski definition) is 4. The maximum absolute atomic E-state index is 12.4. The standard InChI is InChI=1S/C23H28N6O2/c1-14(2)13-31-21-6-4-3-5-16(21)20-12-19(28-23(30)29-20)15-7-8-18(25)17(11-15)22(26)27-10-9-24/h3-8,11-12,14H,9-10,13,24-25H2,1-2H3,(H2,26,27)(H,28,29,30). The highest BCUT2D eigenvalue weighted by Crippen LogP contribution is 2.30. The second kappa shape index (κ2) is 9.90. The van der Waals surface area contributed by atoms with Gasteiger partial charge in [-0.1, -0.05) is 32.0 Å². The van der Waals surface area contributed by atoms with Gasteiger partial charge in [-0.15, -0.1) is 0 Å². The number of H-pyrrole nitrogens is 1. The number of hydrogen-bond acceptors (Lipinski definition) is 6. The van der Waals surface area contributed by atoms with E-state index in [0.29, 0.717) is 65.4 Å². The zero-order chi connectivity index (χ0) is 22.4. The lowest BCUT2D eigenvalue weighted by Crippen LogP contribution is -2.18. The number of aromatic nitrogens is 2. The second-order valence-electron chi connectivity index (χ2n) is 7.54. The van der Waals surface area contributed by atoms with Gasteiger partial charge in [0.15, 0.2) is 0 Å². The van der Waals surface area contributed by atoms with Crippen LogP contribution >= 0.6 is 0 Å². The average Bonchev–Trinajstić information content (AvgIpc) is 2.76. The Morgan fingerprint density at radius 3 is 2.71 bits per heavy atom. The molecular formula is C23H28N6O2. The van der Waals surface area contributed by atoms with Crippen molar-refractivity contribution < 1.29 is 4.74 Å². The molecule has 0 radical (unpaired) electrons. The zero-order valence-electron chi connectivity index (χ0n) is 17.8. The van der Waals surface area contributed by atoms with E-state index in [9.17, 15) is 4.79 Å². The third kappa shape index (κ3) is 5.49. The molecule has 0 saturated heterocycles. The number of rotatable bonds is 8. The van der Waals surface area contributed by atoms with E-state index in [4.69, 9.17) is 21.9 Å². The van der Waals surface area contributed by atoms with Crippen molar-refractivity contribution in [1.29, 1.82) is 0 Å². The van der Waals surface area contributed by atoms with Gasteiger partial charge in [0.25, 0.3) is 0 Å². The molecule has 0 atom stereocenters. The van der Waals surface area contributed by atoms with Crippen molar-refractivity contribution in [3.8, 4) is 28.3 Å². The first-order valence-electron chi connectivity index (χ1n) is 10.1. The van der Waals surface area contributed by atoms with Crippen molar-refractivity contribution >= 4 is 11.5 Å². The number of nitrogen functional groups attached to an aromatic ring is 1. The lowest BCUT2D eigenvalue weighted by molar-refractivity contribution is 0.272. The summed E-state index contributed by atoms with van der Waals surface area (Å²) in [5.74, 6) is 1.36. The van der Waals surface area contributed by atoms with Gasteiger partial charge in [-0.3, -0.25) is 4.99 Å². The number of nitrogens with one attached hydrogen (secondary N) is 1. The van der Waals surface area contributed by atoms with E-state index in [1.807, 2.05) is 30.3 Å². The van der Waals surface area contributed by atoms with Crippen molar-refractivity contribution in [2.75, 3.05) is 25.4 Å². The molecule has 7 N–H and O–H groups in total. The number of anilines is 1. The molecule has 0 unspecified atom stereocenters. The first-order chi connectivity index (χ1) is 14.9. The van der Waals surface area contributed by atoms with Crippen molar-refractivity contribution in [3.05, 3.63) is 64.6 Å². The molecule has 0 spiro atoms. The Morgan fingerprint density at radius 1 is 1.19 bits per heavy atom. The largest absolute Gasteiger partial charge is 0.493 e. The fourth-order valence-corrected chi connectivity index (χ4v) is 3.03. The molecule has 0 amide bonds. The highest BCUT2D eigenvalue weighted by atomic mass is 16.5. The summed E-state index contributed by atoms with van der Waals surface area (Å²) in [6.07, 6.45) is 0. The minimum Gasteiger partial charge on any atom is -0.493 e. The van der Waals surface area contributed by atoms with E-state index in [2.05, 4.69) is 28.8 Å². The molecule has 31 heavy (non-hydrogen) atoms. The molecule has 1 heterocycles. The van der Waals surface area contributed by atoms with Crippen LogP contribution in [0.15, 0.2) is 58.3 Å². The quantitative estimate of drug-likeness (QED) is 0.250. The predicted molar refractivity (Wildman–Crippen MR) is 125 cm³/mol. The Balaban J connectivity index is 2.05. The maximum Gasteiger partial charge on any atom is 0.345 e. The minimum absolute atomic E-state index is 0.294. The molecular weight excluding hydrogens is 392 g/mol. The van der Waals surface area contributed by atoms with Gasteiger partial charge in [0, 0.05) is 28.9 Å². The number of aromatic amines is 1. The molecule has 8 heteroatoms. The number of nitrogens with zero attached hydrogens (tertiary/aromatic N) is 2. The number of amidine groups is 1. The summed E-state index contributed by atoms with van der Waals surface area (Å²) in [5, 5.41) is 0. The summed E-state index contributed by atoms with van der Waals surface area (Å²) in [5.41, 5.74) is 20.8. The maximum atomic E-state index is 12.4. The monoisotopic (exact) mass is 420 g/mol. The zero-order valence-corrected chi connectivity index (χ0v) is 17.8. The van der Waals surface area contributed by atoms with Gasteiger partial charge in [0.05, 0.1) is 24.5 Å². The van der Waals surface area contributed by atoms with E-state index >= 15 is 0 Å². The highest BCUT2D eigenvalue weighted by Gasteiger charge is 2.13. The molecule has 0 saturated carbocycles. The molecule has 0 bridgehead atoms. The minimum atomic E-state index is -0.464. The van der Waals surface area contributed by atoms with Gasteiger partial charge in [-0.2, -0.15) is 4.98 Å². The Morgan fingerprint density at radius 2 is 1.97 bits per heavy atom. The summed E-state index contributed by atoms with van der Waals surface area (Å²) >= 11 is 0. The van der Waals surface area contributed by atoms with Crippen LogP contribution in [0.25, 0.3) is 22.5 Å². The molecule has 8 nitrogen and oxygen atoms in total. The lowest BCUT2D eigenvalue weighted by atomic mass is 10.0. The topological polar surface area (TPSA) is 145 Å². The van der Waals surface area contributed by atoms with E-state index < -0.39 is 5.69 Å². The SMILES string of the molecule is CC(C)COc1ccccc1-c1cc(-c2ccc(N)c(C(N)=NCCN)c2)nc(=O)[nH]1. The summed E-state index contributed by atoms with van der Waals surface area (Å²) in [4.78, 5) is 23.5. The smallest absolute Gasteiger partial charge is 0.345 e. The molecule has 0 fully saturated rings. The molecule has 3 aromatic rings. The van der Waals surface area contributed by atoms with Crippen LogP contribution in [0, 0.1) is 5.92 Å². The number of benzene rings is 2. The Hall–Kier alpha value is -3.65. The van der Waals surface area contributed by atoms with E-state index in [0.717, 1.165) is 5.56 Å². The van der Waals surface area contributed by atoms with Crippen LogP contribution in [-0.4, -0.2) is 35.5 Å². The van der Waals surface area contributed by atoms with Crippen LogP contribution in [0.5, 0.6) is 5.75 Å². The van der Waals surface area contributed by atoms with Gasteiger partial charge in [-0.05, 0) is 36.2 Å². The fourth-order valence-electron chi connectivity index (χ4n) is 3.03. The summed E-state index contributed by atoms with van der Waals surface area (Å²) in [6.45, 7) is 5.52. The molecule has 162 valence electrons. The normalized spacial score (nSPS) is 11.7. The first kappa shape index (κ1) is 22.0. The summed E-state index contributed by atoms with van der Waals surface area (Å²) in [7, 11) is 0.